The smallest absolute Gasteiger partial charge is 0.409 e. The molecule has 1 aromatic rings. The number of carbonyl (C=O) groups excluding carboxylic acids is 1. The molecular weight excluding hydrogens is 294 g/mol. The zero-order chi connectivity index (χ0) is 13.1. The maximum absolute atomic E-state index is 12.1. The topological polar surface area (TPSA) is 29.5 Å². The predicted molar refractivity (Wildman–Crippen MR) is 74.9 cm³/mol. The van der Waals surface area contributed by atoms with E-state index in [1.807, 2.05) is 30.0 Å². The summed E-state index contributed by atoms with van der Waals surface area (Å²) in [4.78, 5) is 13.9. The van der Waals surface area contributed by atoms with Crippen LogP contribution in [-0.4, -0.2) is 23.6 Å². The molecule has 98 valence electrons. The molecule has 3 nitrogen and oxygen atoms in total. The first-order chi connectivity index (χ1) is 8.58. The van der Waals surface area contributed by atoms with Crippen molar-refractivity contribution < 1.29 is 9.53 Å². The zero-order valence-corrected chi connectivity index (χ0v) is 12.4. The van der Waals surface area contributed by atoms with Crippen LogP contribution in [0.2, 0.25) is 0 Å². The minimum absolute atomic E-state index is 0.244. The van der Waals surface area contributed by atoms with Gasteiger partial charge in [-0.05, 0) is 66.7 Å². The molecule has 0 aromatic heterocycles. The highest BCUT2D eigenvalue weighted by Gasteiger charge is 2.25. The second-order valence-electron chi connectivity index (χ2n) is 4.84. The van der Waals surface area contributed by atoms with Gasteiger partial charge in [0.05, 0.1) is 4.47 Å². The van der Waals surface area contributed by atoms with Crippen molar-refractivity contribution in [2.24, 2.45) is 0 Å². The van der Waals surface area contributed by atoms with Crippen molar-refractivity contribution in [2.75, 3.05) is 6.54 Å². The van der Waals surface area contributed by atoms with Crippen molar-refractivity contribution in [2.45, 2.75) is 39.2 Å². The van der Waals surface area contributed by atoms with Gasteiger partial charge in [-0.3, -0.25) is 0 Å². The Morgan fingerprint density at radius 1 is 1.44 bits per heavy atom. The molecule has 0 saturated carbocycles. The number of piperidine rings is 1. The molecule has 0 radical (unpaired) electrons. The van der Waals surface area contributed by atoms with Gasteiger partial charge in [-0.25, -0.2) is 4.79 Å². The van der Waals surface area contributed by atoms with Crippen molar-refractivity contribution >= 4 is 22.0 Å². The van der Waals surface area contributed by atoms with Crippen LogP contribution < -0.4 is 4.74 Å². The van der Waals surface area contributed by atoms with Gasteiger partial charge in [-0.15, -0.1) is 0 Å². The largest absolute Gasteiger partial charge is 0.415 e. The Morgan fingerprint density at radius 3 is 2.89 bits per heavy atom. The molecule has 18 heavy (non-hydrogen) atoms. The minimum atomic E-state index is -0.244. The summed E-state index contributed by atoms with van der Waals surface area (Å²) in [7, 11) is 0. The fourth-order valence-electron chi connectivity index (χ4n) is 2.21. The molecule has 1 heterocycles. The third-order valence-electron chi connectivity index (χ3n) is 3.32. The van der Waals surface area contributed by atoms with Gasteiger partial charge in [0.15, 0.2) is 0 Å². The number of amides is 1. The lowest BCUT2D eigenvalue weighted by atomic mass is 10.0. The molecule has 4 heteroatoms. The van der Waals surface area contributed by atoms with Crippen molar-refractivity contribution in [1.29, 1.82) is 0 Å². The van der Waals surface area contributed by atoms with Gasteiger partial charge in [-0.2, -0.15) is 0 Å². The third-order valence-corrected chi connectivity index (χ3v) is 3.94. The number of rotatable bonds is 1. The van der Waals surface area contributed by atoms with E-state index in [9.17, 15) is 4.79 Å². The number of aryl methyl sites for hydroxylation is 1. The molecule has 1 saturated heterocycles. The molecule has 1 fully saturated rings. The van der Waals surface area contributed by atoms with E-state index in [1.165, 1.54) is 6.42 Å². The molecule has 1 unspecified atom stereocenters. The zero-order valence-electron chi connectivity index (χ0n) is 10.8. The van der Waals surface area contributed by atoms with Crippen LogP contribution in [0.4, 0.5) is 4.79 Å². The summed E-state index contributed by atoms with van der Waals surface area (Å²) < 4.78 is 6.27. The SMILES string of the molecule is Cc1ccc(OC(=O)N2CCCCC2C)c(Br)c1. The summed E-state index contributed by atoms with van der Waals surface area (Å²) in [5, 5.41) is 0. The molecule has 0 spiro atoms. The molecule has 1 amide bonds. The number of hydrogen-bond acceptors (Lipinski definition) is 2. The van der Waals surface area contributed by atoms with E-state index in [1.54, 1.807) is 0 Å². The fraction of sp³-hybridized carbons (Fsp3) is 0.500. The van der Waals surface area contributed by atoms with Gasteiger partial charge in [-0.1, -0.05) is 6.07 Å². The normalized spacial score (nSPS) is 19.7. The maximum atomic E-state index is 12.1. The lowest BCUT2D eigenvalue weighted by Gasteiger charge is -2.32. The monoisotopic (exact) mass is 311 g/mol. The molecule has 1 aromatic carbocycles. The summed E-state index contributed by atoms with van der Waals surface area (Å²) in [5.41, 5.74) is 1.13. The van der Waals surface area contributed by atoms with Crippen LogP contribution in [0.15, 0.2) is 22.7 Å². The minimum Gasteiger partial charge on any atom is -0.409 e. The molecule has 2 rings (SSSR count). The Hall–Kier alpha value is -1.03. The second-order valence-corrected chi connectivity index (χ2v) is 5.69. The van der Waals surface area contributed by atoms with E-state index in [-0.39, 0.29) is 12.1 Å². The number of likely N-dealkylation sites (tertiary alicyclic amines) is 1. The number of benzene rings is 1. The molecule has 0 bridgehead atoms. The van der Waals surface area contributed by atoms with Crippen LogP contribution in [0, 0.1) is 6.92 Å². The van der Waals surface area contributed by atoms with Crippen molar-refractivity contribution in [1.82, 2.24) is 4.90 Å². The van der Waals surface area contributed by atoms with Crippen LogP contribution in [0.5, 0.6) is 5.75 Å². The Morgan fingerprint density at radius 2 is 2.22 bits per heavy atom. The van der Waals surface area contributed by atoms with Gasteiger partial charge in [0.2, 0.25) is 0 Å². The molecule has 0 aliphatic carbocycles. The molecule has 1 aliphatic rings. The number of nitrogens with zero attached hydrogens (tertiary/aromatic N) is 1. The Bertz CT molecular complexity index is 447. The van der Waals surface area contributed by atoms with Gasteiger partial charge in [0.1, 0.15) is 5.75 Å². The first-order valence-electron chi connectivity index (χ1n) is 6.32. The van der Waals surface area contributed by atoms with E-state index in [2.05, 4.69) is 22.9 Å². The number of carbonyl (C=O) groups is 1. The fourth-order valence-corrected chi connectivity index (χ4v) is 2.78. The highest BCUT2D eigenvalue weighted by Crippen LogP contribution is 2.27. The average Bonchev–Trinajstić information content (AvgIpc) is 2.33. The van der Waals surface area contributed by atoms with Crippen molar-refractivity contribution in [3.05, 3.63) is 28.2 Å². The average molecular weight is 312 g/mol. The maximum Gasteiger partial charge on any atom is 0.415 e. The Labute approximate surface area is 116 Å². The lowest BCUT2D eigenvalue weighted by molar-refractivity contribution is 0.118. The van der Waals surface area contributed by atoms with E-state index in [0.717, 1.165) is 29.4 Å². The lowest BCUT2D eigenvalue weighted by Crippen LogP contribution is -2.43. The standard InChI is InChI=1S/C14H18BrNO2/c1-10-6-7-13(12(15)9-10)18-14(17)16-8-4-3-5-11(16)2/h6-7,9,11H,3-5,8H2,1-2H3. The Balaban J connectivity index is 2.06. The van der Waals surface area contributed by atoms with Crippen molar-refractivity contribution in [3.8, 4) is 5.75 Å². The predicted octanol–water partition coefficient (Wildman–Crippen LogP) is 4.13. The highest BCUT2D eigenvalue weighted by atomic mass is 79.9. The van der Waals surface area contributed by atoms with Gasteiger partial charge >= 0.3 is 6.09 Å². The van der Waals surface area contributed by atoms with Gasteiger partial charge in [0.25, 0.3) is 0 Å². The number of ether oxygens (including phenoxy) is 1. The quantitative estimate of drug-likeness (QED) is 0.780. The second kappa shape index (κ2) is 5.74. The van der Waals surface area contributed by atoms with Crippen molar-refractivity contribution in [3.63, 3.8) is 0 Å². The van der Waals surface area contributed by atoms with Crippen LogP contribution >= 0.6 is 15.9 Å². The molecule has 1 aliphatic heterocycles. The summed E-state index contributed by atoms with van der Waals surface area (Å²) in [5.74, 6) is 0.586. The number of halogens is 1. The van der Waals surface area contributed by atoms with Gasteiger partial charge in [0, 0.05) is 12.6 Å². The van der Waals surface area contributed by atoms with Gasteiger partial charge < -0.3 is 9.64 Å². The van der Waals surface area contributed by atoms with E-state index in [0.29, 0.717) is 5.75 Å². The van der Waals surface area contributed by atoms with Crippen LogP contribution in [0.1, 0.15) is 31.7 Å². The van der Waals surface area contributed by atoms with E-state index >= 15 is 0 Å². The van der Waals surface area contributed by atoms with Crippen LogP contribution in [0.3, 0.4) is 0 Å². The van der Waals surface area contributed by atoms with E-state index in [4.69, 9.17) is 4.74 Å². The van der Waals surface area contributed by atoms with Crippen LogP contribution in [-0.2, 0) is 0 Å². The number of hydrogen-bond donors (Lipinski definition) is 0. The third kappa shape index (κ3) is 3.05. The summed E-state index contributed by atoms with van der Waals surface area (Å²) in [6, 6.07) is 5.98. The first kappa shape index (κ1) is 13.4. The summed E-state index contributed by atoms with van der Waals surface area (Å²) >= 11 is 3.42. The first-order valence-corrected chi connectivity index (χ1v) is 7.12. The summed E-state index contributed by atoms with van der Waals surface area (Å²) in [6.45, 7) is 4.87. The summed E-state index contributed by atoms with van der Waals surface area (Å²) in [6.07, 6.45) is 3.07. The van der Waals surface area contributed by atoms with E-state index < -0.39 is 0 Å². The highest BCUT2D eigenvalue weighted by molar-refractivity contribution is 9.10. The molecule has 0 N–H and O–H groups in total. The molecule has 1 atom stereocenters. The Kier molecular flexibility index (Phi) is 4.27. The van der Waals surface area contributed by atoms with Crippen LogP contribution in [0.25, 0.3) is 0 Å². The molecular formula is C14H18BrNO2.